The van der Waals surface area contributed by atoms with Crippen molar-refractivity contribution in [3.8, 4) is 0 Å². The quantitative estimate of drug-likeness (QED) is 0.833. The molecule has 2 aliphatic rings. The van der Waals surface area contributed by atoms with E-state index in [-0.39, 0.29) is 10.9 Å². The summed E-state index contributed by atoms with van der Waals surface area (Å²) in [5.41, 5.74) is 0. The Bertz CT molecular complexity index is 556. The van der Waals surface area contributed by atoms with Gasteiger partial charge in [0.15, 0.2) is 0 Å². The van der Waals surface area contributed by atoms with Gasteiger partial charge >= 0.3 is 0 Å². The normalized spacial score (nSPS) is 20.5. The van der Waals surface area contributed by atoms with Crippen LogP contribution < -0.4 is 10.0 Å². The van der Waals surface area contributed by atoms with E-state index in [1.54, 1.807) is 13.0 Å². The molecule has 0 amide bonds. The van der Waals surface area contributed by atoms with Gasteiger partial charge in [-0.05, 0) is 32.6 Å². The first kappa shape index (κ1) is 13.1. The predicted octanol–water partition coefficient (Wildman–Crippen LogP) is 1.67. The summed E-state index contributed by atoms with van der Waals surface area (Å²) in [6.07, 6.45) is 5.38. The third-order valence-corrected chi connectivity index (χ3v) is 5.41. The van der Waals surface area contributed by atoms with E-state index in [1.807, 2.05) is 0 Å². The number of rotatable bonds is 6. The molecule has 0 bridgehead atoms. The van der Waals surface area contributed by atoms with E-state index in [4.69, 9.17) is 4.42 Å². The van der Waals surface area contributed by atoms with Crippen molar-refractivity contribution in [1.82, 2.24) is 10.0 Å². The van der Waals surface area contributed by atoms with Gasteiger partial charge in [-0.2, -0.15) is 0 Å². The van der Waals surface area contributed by atoms with E-state index in [0.717, 1.165) is 19.3 Å². The summed E-state index contributed by atoms with van der Waals surface area (Å²) in [4.78, 5) is 0.284. The second kappa shape index (κ2) is 4.92. The van der Waals surface area contributed by atoms with Crippen LogP contribution in [0, 0.1) is 6.92 Å². The number of aryl methyl sites for hydroxylation is 1. The van der Waals surface area contributed by atoms with E-state index in [1.165, 1.54) is 12.8 Å². The molecular formula is C13H20N2O3S. The van der Waals surface area contributed by atoms with Crippen LogP contribution in [0.5, 0.6) is 0 Å². The molecule has 106 valence electrons. The SMILES string of the molecule is Cc1oc(CNC2CC2)cc1S(=O)(=O)NC1CCC1. The van der Waals surface area contributed by atoms with E-state index in [0.29, 0.717) is 24.1 Å². The van der Waals surface area contributed by atoms with Crippen molar-refractivity contribution in [3.05, 3.63) is 17.6 Å². The standard InChI is InChI=1S/C13H20N2O3S/c1-9-13(19(16,17)15-11-3-2-4-11)7-12(18-9)8-14-10-5-6-10/h7,10-11,14-15H,2-6,8H2,1H3. The van der Waals surface area contributed by atoms with Gasteiger partial charge in [0.05, 0.1) is 6.54 Å². The lowest BCUT2D eigenvalue weighted by Crippen LogP contribution is -2.39. The summed E-state index contributed by atoms with van der Waals surface area (Å²) in [6, 6.07) is 2.33. The molecular weight excluding hydrogens is 264 g/mol. The number of hydrogen-bond acceptors (Lipinski definition) is 4. The maximum atomic E-state index is 12.2. The molecule has 0 saturated heterocycles. The maximum Gasteiger partial charge on any atom is 0.244 e. The molecule has 0 spiro atoms. The average Bonchev–Trinajstić information content (AvgIpc) is 3.04. The van der Waals surface area contributed by atoms with Crippen LogP contribution in [0.2, 0.25) is 0 Å². The van der Waals surface area contributed by atoms with Crippen LogP contribution in [-0.4, -0.2) is 20.5 Å². The summed E-state index contributed by atoms with van der Waals surface area (Å²) < 4.78 is 32.7. The van der Waals surface area contributed by atoms with Gasteiger partial charge < -0.3 is 9.73 Å². The van der Waals surface area contributed by atoms with Crippen LogP contribution in [0.1, 0.15) is 43.6 Å². The second-order valence-corrected chi connectivity index (χ2v) is 7.22. The minimum atomic E-state index is -3.42. The van der Waals surface area contributed by atoms with Crippen molar-refractivity contribution < 1.29 is 12.8 Å². The summed E-state index contributed by atoms with van der Waals surface area (Å²) >= 11 is 0. The predicted molar refractivity (Wildman–Crippen MR) is 71.3 cm³/mol. The lowest BCUT2D eigenvalue weighted by atomic mass is 9.94. The number of nitrogens with one attached hydrogen (secondary N) is 2. The molecule has 2 saturated carbocycles. The highest BCUT2D eigenvalue weighted by atomic mass is 32.2. The highest BCUT2D eigenvalue weighted by molar-refractivity contribution is 7.89. The van der Waals surface area contributed by atoms with Gasteiger partial charge in [0.1, 0.15) is 16.4 Å². The summed E-state index contributed by atoms with van der Waals surface area (Å²) in [5, 5.41) is 3.32. The Kier molecular flexibility index (Phi) is 3.41. The Morgan fingerprint density at radius 1 is 1.26 bits per heavy atom. The Labute approximate surface area is 113 Å². The number of hydrogen-bond donors (Lipinski definition) is 2. The molecule has 1 aromatic heterocycles. The fourth-order valence-electron chi connectivity index (χ4n) is 2.22. The van der Waals surface area contributed by atoms with E-state index < -0.39 is 10.0 Å². The van der Waals surface area contributed by atoms with Gasteiger partial charge in [-0.3, -0.25) is 0 Å². The summed E-state index contributed by atoms with van der Waals surface area (Å²) in [7, 11) is -3.42. The Balaban J connectivity index is 1.70. The molecule has 2 fully saturated rings. The first-order valence-corrected chi connectivity index (χ1v) is 8.38. The number of furan rings is 1. The van der Waals surface area contributed by atoms with Crippen molar-refractivity contribution in [3.63, 3.8) is 0 Å². The van der Waals surface area contributed by atoms with E-state index >= 15 is 0 Å². The Hall–Kier alpha value is -0.850. The van der Waals surface area contributed by atoms with E-state index in [2.05, 4.69) is 10.0 Å². The molecule has 0 aliphatic heterocycles. The molecule has 0 radical (unpaired) electrons. The van der Waals surface area contributed by atoms with Gasteiger partial charge in [0.25, 0.3) is 0 Å². The minimum absolute atomic E-state index is 0.104. The van der Waals surface area contributed by atoms with Crippen molar-refractivity contribution in [2.24, 2.45) is 0 Å². The molecule has 3 rings (SSSR count). The van der Waals surface area contributed by atoms with Gasteiger partial charge in [-0.25, -0.2) is 13.1 Å². The molecule has 5 nitrogen and oxygen atoms in total. The third-order valence-electron chi connectivity index (χ3n) is 3.78. The minimum Gasteiger partial charge on any atom is -0.464 e. The van der Waals surface area contributed by atoms with Gasteiger partial charge in [0, 0.05) is 18.2 Å². The first-order chi connectivity index (χ1) is 9.04. The monoisotopic (exact) mass is 284 g/mol. The largest absolute Gasteiger partial charge is 0.464 e. The highest BCUT2D eigenvalue weighted by Gasteiger charge is 2.28. The molecule has 0 unspecified atom stereocenters. The van der Waals surface area contributed by atoms with Crippen LogP contribution >= 0.6 is 0 Å². The van der Waals surface area contributed by atoms with Crippen molar-refractivity contribution in [2.75, 3.05) is 0 Å². The Morgan fingerprint density at radius 2 is 2.00 bits per heavy atom. The molecule has 1 heterocycles. The molecule has 19 heavy (non-hydrogen) atoms. The summed E-state index contributed by atoms with van der Waals surface area (Å²) in [5.74, 6) is 1.16. The molecule has 0 aromatic carbocycles. The number of sulfonamides is 1. The van der Waals surface area contributed by atoms with Crippen LogP contribution in [0.25, 0.3) is 0 Å². The van der Waals surface area contributed by atoms with Crippen molar-refractivity contribution in [1.29, 1.82) is 0 Å². The van der Waals surface area contributed by atoms with Crippen LogP contribution in [0.15, 0.2) is 15.4 Å². The van der Waals surface area contributed by atoms with Gasteiger partial charge in [-0.15, -0.1) is 0 Å². The molecule has 2 aliphatic carbocycles. The summed E-state index contributed by atoms with van der Waals surface area (Å²) in [6.45, 7) is 2.31. The smallest absolute Gasteiger partial charge is 0.244 e. The van der Waals surface area contributed by atoms with E-state index in [9.17, 15) is 8.42 Å². The van der Waals surface area contributed by atoms with Crippen molar-refractivity contribution in [2.45, 2.75) is 62.6 Å². The topological polar surface area (TPSA) is 71.3 Å². The van der Waals surface area contributed by atoms with Crippen LogP contribution in [0.4, 0.5) is 0 Å². The average molecular weight is 284 g/mol. The first-order valence-electron chi connectivity index (χ1n) is 6.89. The maximum absolute atomic E-state index is 12.2. The fourth-order valence-corrected chi connectivity index (χ4v) is 3.73. The second-order valence-electron chi connectivity index (χ2n) is 5.54. The van der Waals surface area contributed by atoms with Crippen molar-refractivity contribution >= 4 is 10.0 Å². The molecule has 2 N–H and O–H groups in total. The highest BCUT2D eigenvalue weighted by Crippen LogP contribution is 2.25. The zero-order valence-corrected chi connectivity index (χ0v) is 11.9. The van der Waals surface area contributed by atoms with Gasteiger partial charge in [0.2, 0.25) is 10.0 Å². The lowest BCUT2D eigenvalue weighted by molar-refractivity contribution is 0.383. The Morgan fingerprint density at radius 3 is 2.58 bits per heavy atom. The zero-order chi connectivity index (χ0) is 13.5. The van der Waals surface area contributed by atoms with Gasteiger partial charge in [-0.1, -0.05) is 6.42 Å². The lowest BCUT2D eigenvalue weighted by Gasteiger charge is -2.25. The zero-order valence-electron chi connectivity index (χ0n) is 11.1. The third kappa shape index (κ3) is 3.01. The van der Waals surface area contributed by atoms with Crippen LogP contribution in [-0.2, 0) is 16.6 Å². The molecule has 0 atom stereocenters. The van der Waals surface area contributed by atoms with Crippen LogP contribution in [0.3, 0.4) is 0 Å². The molecule has 1 aromatic rings. The molecule has 6 heteroatoms. The fraction of sp³-hybridized carbons (Fsp3) is 0.692.